The molecule has 16 heavy (non-hydrogen) atoms. The smallest absolute Gasteiger partial charge is 0.194 e. The van der Waals surface area contributed by atoms with E-state index in [4.69, 9.17) is 10.2 Å². The second kappa shape index (κ2) is 4.97. The molecule has 1 aliphatic heterocycles. The number of nitrogens with two attached hydrogens (primary N) is 1. The summed E-state index contributed by atoms with van der Waals surface area (Å²) in [4.78, 5) is 6.86. The fourth-order valence-corrected chi connectivity index (χ4v) is 2.28. The zero-order valence-electron chi connectivity index (χ0n) is 10.1. The van der Waals surface area contributed by atoms with Crippen LogP contribution in [0.4, 0.5) is 0 Å². The molecule has 1 unspecified atom stereocenters. The molecule has 0 spiro atoms. The molecule has 0 radical (unpaired) electrons. The predicted molar refractivity (Wildman–Crippen MR) is 62.9 cm³/mol. The first kappa shape index (κ1) is 11.6. The summed E-state index contributed by atoms with van der Waals surface area (Å²) >= 11 is 0. The van der Waals surface area contributed by atoms with Gasteiger partial charge in [-0.1, -0.05) is 0 Å². The third kappa shape index (κ3) is 2.62. The van der Waals surface area contributed by atoms with Gasteiger partial charge in [0.1, 0.15) is 6.26 Å². The van der Waals surface area contributed by atoms with Crippen LogP contribution in [0, 0.1) is 5.92 Å². The van der Waals surface area contributed by atoms with E-state index in [2.05, 4.69) is 23.7 Å². The van der Waals surface area contributed by atoms with Gasteiger partial charge in [0.15, 0.2) is 5.89 Å². The SMILES string of the molecule is CC(C)N1CCC(Cc2nc(CN)co2)C1. The van der Waals surface area contributed by atoms with Gasteiger partial charge in [-0.2, -0.15) is 0 Å². The molecule has 4 heteroatoms. The van der Waals surface area contributed by atoms with Gasteiger partial charge in [-0.25, -0.2) is 4.98 Å². The van der Waals surface area contributed by atoms with E-state index in [-0.39, 0.29) is 0 Å². The predicted octanol–water partition coefficient (Wildman–Crippen LogP) is 1.41. The van der Waals surface area contributed by atoms with Crippen LogP contribution in [0.25, 0.3) is 0 Å². The Hall–Kier alpha value is -0.870. The van der Waals surface area contributed by atoms with Crippen LogP contribution in [0.2, 0.25) is 0 Å². The average molecular weight is 223 g/mol. The second-order valence-corrected chi connectivity index (χ2v) is 4.88. The van der Waals surface area contributed by atoms with Crippen molar-refractivity contribution in [3.05, 3.63) is 17.8 Å². The standard InChI is InChI=1S/C12H21N3O/c1-9(2)15-4-3-10(7-15)5-12-14-11(6-13)8-16-12/h8-10H,3-7,13H2,1-2H3. The number of aromatic nitrogens is 1. The molecule has 2 rings (SSSR count). The lowest BCUT2D eigenvalue weighted by atomic mass is 10.1. The Kier molecular flexibility index (Phi) is 3.61. The van der Waals surface area contributed by atoms with Crippen LogP contribution in [0.15, 0.2) is 10.7 Å². The highest BCUT2D eigenvalue weighted by molar-refractivity contribution is 4.97. The zero-order chi connectivity index (χ0) is 11.5. The van der Waals surface area contributed by atoms with E-state index < -0.39 is 0 Å². The molecular formula is C12H21N3O. The van der Waals surface area contributed by atoms with Crippen molar-refractivity contribution in [2.45, 2.75) is 39.3 Å². The normalized spacial score (nSPS) is 22.1. The minimum Gasteiger partial charge on any atom is -0.449 e. The first-order valence-corrected chi connectivity index (χ1v) is 6.06. The van der Waals surface area contributed by atoms with Crippen LogP contribution in [-0.2, 0) is 13.0 Å². The summed E-state index contributed by atoms with van der Waals surface area (Å²) in [5.41, 5.74) is 6.36. The monoisotopic (exact) mass is 223 g/mol. The molecular weight excluding hydrogens is 202 g/mol. The Morgan fingerprint density at radius 3 is 3.00 bits per heavy atom. The van der Waals surface area contributed by atoms with E-state index >= 15 is 0 Å². The van der Waals surface area contributed by atoms with Gasteiger partial charge in [-0.3, -0.25) is 0 Å². The van der Waals surface area contributed by atoms with Gasteiger partial charge in [0.2, 0.25) is 0 Å². The van der Waals surface area contributed by atoms with E-state index in [0.29, 0.717) is 18.5 Å². The van der Waals surface area contributed by atoms with Gasteiger partial charge in [0, 0.05) is 25.6 Å². The molecule has 0 saturated carbocycles. The molecule has 0 aliphatic carbocycles. The minimum atomic E-state index is 0.465. The summed E-state index contributed by atoms with van der Waals surface area (Å²) < 4.78 is 5.40. The largest absolute Gasteiger partial charge is 0.449 e. The van der Waals surface area contributed by atoms with Crippen molar-refractivity contribution < 1.29 is 4.42 Å². The number of oxazole rings is 1. The van der Waals surface area contributed by atoms with Crippen molar-refractivity contribution in [3.8, 4) is 0 Å². The van der Waals surface area contributed by atoms with Crippen molar-refractivity contribution in [2.75, 3.05) is 13.1 Å². The van der Waals surface area contributed by atoms with Crippen LogP contribution >= 0.6 is 0 Å². The number of hydrogen-bond donors (Lipinski definition) is 1. The average Bonchev–Trinajstić information content (AvgIpc) is 2.87. The molecule has 1 atom stereocenters. The number of likely N-dealkylation sites (tertiary alicyclic amines) is 1. The zero-order valence-corrected chi connectivity index (χ0v) is 10.1. The Morgan fingerprint density at radius 1 is 1.62 bits per heavy atom. The first-order valence-electron chi connectivity index (χ1n) is 6.06. The van der Waals surface area contributed by atoms with Crippen molar-refractivity contribution in [1.82, 2.24) is 9.88 Å². The van der Waals surface area contributed by atoms with E-state index in [1.807, 2.05) is 0 Å². The summed E-state index contributed by atoms with van der Waals surface area (Å²) in [6.07, 6.45) is 3.87. The van der Waals surface area contributed by atoms with Gasteiger partial charge in [-0.05, 0) is 32.7 Å². The third-order valence-corrected chi connectivity index (χ3v) is 3.32. The van der Waals surface area contributed by atoms with E-state index in [0.717, 1.165) is 24.6 Å². The summed E-state index contributed by atoms with van der Waals surface area (Å²) in [6, 6.07) is 0.647. The van der Waals surface area contributed by atoms with Crippen molar-refractivity contribution in [2.24, 2.45) is 11.7 Å². The van der Waals surface area contributed by atoms with Gasteiger partial charge in [0.05, 0.1) is 5.69 Å². The maximum Gasteiger partial charge on any atom is 0.194 e. The van der Waals surface area contributed by atoms with Crippen LogP contribution in [0.3, 0.4) is 0 Å². The molecule has 2 N–H and O–H groups in total. The van der Waals surface area contributed by atoms with Gasteiger partial charge in [0.25, 0.3) is 0 Å². The number of hydrogen-bond acceptors (Lipinski definition) is 4. The molecule has 1 aliphatic rings. The molecule has 4 nitrogen and oxygen atoms in total. The van der Waals surface area contributed by atoms with Crippen molar-refractivity contribution in [1.29, 1.82) is 0 Å². The molecule has 1 fully saturated rings. The van der Waals surface area contributed by atoms with Gasteiger partial charge in [-0.15, -0.1) is 0 Å². The fraction of sp³-hybridized carbons (Fsp3) is 0.750. The molecule has 0 aromatic carbocycles. The van der Waals surface area contributed by atoms with Gasteiger partial charge >= 0.3 is 0 Å². The molecule has 90 valence electrons. The van der Waals surface area contributed by atoms with Crippen molar-refractivity contribution >= 4 is 0 Å². The van der Waals surface area contributed by atoms with Gasteiger partial charge < -0.3 is 15.1 Å². The Labute approximate surface area is 96.8 Å². The summed E-state index contributed by atoms with van der Waals surface area (Å²) in [7, 11) is 0. The summed E-state index contributed by atoms with van der Waals surface area (Å²) in [5, 5.41) is 0. The van der Waals surface area contributed by atoms with Crippen LogP contribution < -0.4 is 5.73 Å². The van der Waals surface area contributed by atoms with Crippen LogP contribution in [0.5, 0.6) is 0 Å². The lowest BCUT2D eigenvalue weighted by Gasteiger charge is -2.19. The Bertz CT molecular complexity index is 335. The van der Waals surface area contributed by atoms with Crippen molar-refractivity contribution in [3.63, 3.8) is 0 Å². The molecule has 1 aromatic heterocycles. The van der Waals surface area contributed by atoms with E-state index in [1.165, 1.54) is 13.0 Å². The first-order chi connectivity index (χ1) is 7.69. The highest BCUT2D eigenvalue weighted by Gasteiger charge is 2.25. The molecule has 0 amide bonds. The van der Waals surface area contributed by atoms with Crippen LogP contribution in [-0.4, -0.2) is 29.0 Å². The number of nitrogens with zero attached hydrogens (tertiary/aromatic N) is 2. The molecule has 1 aromatic rings. The molecule has 1 saturated heterocycles. The Morgan fingerprint density at radius 2 is 2.44 bits per heavy atom. The van der Waals surface area contributed by atoms with E-state index in [9.17, 15) is 0 Å². The minimum absolute atomic E-state index is 0.465. The fourth-order valence-electron chi connectivity index (χ4n) is 2.28. The highest BCUT2D eigenvalue weighted by atomic mass is 16.3. The summed E-state index contributed by atoms with van der Waals surface area (Å²) in [6.45, 7) is 7.33. The molecule has 2 heterocycles. The third-order valence-electron chi connectivity index (χ3n) is 3.32. The quantitative estimate of drug-likeness (QED) is 0.838. The number of rotatable bonds is 4. The lowest BCUT2D eigenvalue weighted by molar-refractivity contribution is 0.262. The van der Waals surface area contributed by atoms with Crippen LogP contribution in [0.1, 0.15) is 31.9 Å². The summed E-state index contributed by atoms with van der Waals surface area (Å²) in [5.74, 6) is 1.53. The molecule has 0 bridgehead atoms. The maximum absolute atomic E-state index is 5.50. The topological polar surface area (TPSA) is 55.3 Å². The second-order valence-electron chi connectivity index (χ2n) is 4.88. The van der Waals surface area contributed by atoms with E-state index in [1.54, 1.807) is 6.26 Å². The maximum atomic E-state index is 5.50. The lowest BCUT2D eigenvalue weighted by Crippen LogP contribution is -2.28. The Balaban J connectivity index is 1.87. The highest BCUT2D eigenvalue weighted by Crippen LogP contribution is 2.22.